The molecule has 1 aliphatic carbocycles. The largest absolute Gasteiger partial charge is 0.480 e. The zero-order chi connectivity index (χ0) is 24.5. The van der Waals surface area contributed by atoms with Crippen LogP contribution >= 0.6 is 0 Å². The number of fused-ring (bicyclic) bond motifs is 3. The maximum atomic E-state index is 12.6. The zero-order valence-electron chi connectivity index (χ0n) is 19.2. The van der Waals surface area contributed by atoms with Crippen LogP contribution in [-0.2, 0) is 16.1 Å². The average molecular weight is 463 g/mol. The van der Waals surface area contributed by atoms with Crippen molar-refractivity contribution in [3.8, 4) is 11.1 Å². The average Bonchev–Trinajstić information content (AvgIpc) is 3.43. The van der Waals surface area contributed by atoms with Gasteiger partial charge in [-0.15, -0.1) is 0 Å². The third kappa shape index (κ3) is 4.26. The number of carboxylic acids is 1. The Kier molecular flexibility index (Phi) is 6.15. The summed E-state index contributed by atoms with van der Waals surface area (Å²) >= 11 is 0. The van der Waals surface area contributed by atoms with Crippen molar-refractivity contribution in [2.24, 2.45) is 0 Å². The lowest BCUT2D eigenvalue weighted by Crippen LogP contribution is -2.50. The molecular formula is C26H26N2O6. The summed E-state index contributed by atoms with van der Waals surface area (Å²) in [5, 5.41) is 11.9. The molecule has 34 heavy (non-hydrogen) atoms. The topological polar surface area (TPSA) is 109 Å². The number of hydrogen-bond acceptors (Lipinski definition) is 5. The number of likely N-dealkylation sites (N-methyl/N-ethyl adjacent to an activating group) is 1. The summed E-state index contributed by atoms with van der Waals surface area (Å²) in [6.07, 6.45) is -0.602. The van der Waals surface area contributed by atoms with Crippen LogP contribution in [0.1, 0.15) is 47.2 Å². The molecule has 1 heterocycles. The van der Waals surface area contributed by atoms with Crippen LogP contribution in [0.15, 0.2) is 65.1 Å². The van der Waals surface area contributed by atoms with E-state index < -0.39 is 23.5 Å². The van der Waals surface area contributed by atoms with Crippen molar-refractivity contribution < 1.29 is 28.6 Å². The highest BCUT2D eigenvalue weighted by Gasteiger charge is 2.36. The number of carboxylic acid groups (broad SMARTS) is 1. The summed E-state index contributed by atoms with van der Waals surface area (Å²) in [6.45, 7) is 3.07. The second kappa shape index (κ2) is 9.05. The molecule has 176 valence electrons. The van der Waals surface area contributed by atoms with E-state index in [9.17, 15) is 19.5 Å². The van der Waals surface area contributed by atoms with E-state index in [2.05, 4.69) is 17.4 Å². The molecule has 3 aromatic rings. The summed E-state index contributed by atoms with van der Waals surface area (Å²) < 4.78 is 11.0. The highest BCUT2D eigenvalue weighted by Crippen LogP contribution is 2.44. The second-order valence-corrected chi connectivity index (χ2v) is 8.67. The fourth-order valence-electron chi connectivity index (χ4n) is 3.96. The van der Waals surface area contributed by atoms with Crippen LogP contribution in [0.4, 0.5) is 4.79 Å². The summed E-state index contributed by atoms with van der Waals surface area (Å²) in [4.78, 5) is 37.4. The molecule has 0 aliphatic heterocycles. The van der Waals surface area contributed by atoms with Gasteiger partial charge in [0, 0.05) is 13.0 Å². The van der Waals surface area contributed by atoms with Gasteiger partial charge in [-0.25, -0.2) is 9.59 Å². The molecule has 0 atom stereocenters. The molecule has 0 unspecified atom stereocenters. The number of ether oxygens (including phenoxy) is 1. The molecule has 8 nitrogen and oxygen atoms in total. The molecule has 8 heteroatoms. The highest BCUT2D eigenvalue weighted by molar-refractivity contribution is 5.95. The number of carbonyl (C=O) groups excluding carboxylic acids is 2. The maximum Gasteiger partial charge on any atom is 0.407 e. The van der Waals surface area contributed by atoms with Crippen molar-refractivity contribution in [3.63, 3.8) is 0 Å². The molecule has 0 bridgehead atoms. The SMILES string of the molecule is CN(C(=O)c1ccc(CNC(=O)OCC2c3ccccc3-c3ccccc32)o1)C(C)(C)C(=O)O. The number of amides is 2. The molecule has 2 N–H and O–H groups in total. The smallest absolute Gasteiger partial charge is 0.407 e. The van der Waals surface area contributed by atoms with Crippen LogP contribution in [0.3, 0.4) is 0 Å². The fraction of sp³-hybridized carbons (Fsp3) is 0.269. The van der Waals surface area contributed by atoms with Gasteiger partial charge < -0.3 is 24.5 Å². The third-order valence-corrected chi connectivity index (χ3v) is 6.29. The molecule has 4 rings (SSSR count). The van der Waals surface area contributed by atoms with Gasteiger partial charge in [0.15, 0.2) is 5.76 Å². The Morgan fingerprint density at radius 3 is 2.18 bits per heavy atom. The van der Waals surface area contributed by atoms with Gasteiger partial charge in [-0.2, -0.15) is 0 Å². The predicted octanol–water partition coefficient (Wildman–Crippen LogP) is 4.25. The van der Waals surface area contributed by atoms with Crippen molar-refractivity contribution in [2.45, 2.75) is 31.8 Å². The van der Waals surface area contributed by atoms with E-state index in [0.717, 1.165) is 27.2 Å². The van der Waals surface area contributed by atoms with Crippen molar-refractivity contribution in [2.75, 3.05) is 13.7 Å². The minimum atomic E-state index is -1.40. The van der Waals surface area contributed by atoms with E-state index in [1.165, 1.54) is 27.0 Å². The lowest BCUT2D eigenvalue weighted by atomic mass is 9.98. The van der Waals surface area contributed by atoms with E-state index in [-0.39, 0.29) is 24.8 Å². The summed E-state index contributed by atoms with van der Waals surface area (Å²) in [7, 11) is 1.40. The lowest BCUT2D eigenvalue weighted by molar-refractivity contribution is -0.147. The van der Waals surface area contributed by atoms with E-state index >= 15 is 0 Å². The van der Waals surface area contributed by atoms with Gasteiger partial charge in [0.25, 0.3) is 5.91 Å². The van der Waals surface area contributed by atoms with Gasteiger partial charge in [0.05, 0.1) is 6.54 Å². The first-order chi connectivity index (χ1) is 16.2. The minimum Gasteiger partial charge on any atom is -0.480 e. The molecule has 1 aliphatic rings. The number of nitrogens with one attached hydrogen (secondary N) is 1. The number of aliphatic carboxylic acids is 1. The number of furan rings is 1. The van der Waals surface area contributed by atoms with Crippen molar-refractivity contribution in [3.05, 3.63) is 83.3 Å². The maximum absolute atomic E-state index is 12.6. The third-order valence-electron chi connectivity index (χ3n) is 6.29. The Balaban J connectivity index is 1.34. The predicted molar refractivity (Wildman–Crippen MR) is 124 cm³/mol. The molecule has 0 spiro atoms. The van der Waals surface area contributed by atoms with E-state index in [1.807, 2.05) is 36.4 Å². The number of hydrogen-bond donors (Lipinski definition) is 2. The Bertz CT molecular complexity index is 1200. The first kappa shape index (κ1) is 23.1. The molecule has 0 saturated heterocycles. The van der Waals surface area contributed by atoms with Crippen LogP contribution in [0.5, 0.6) is 0 Å². The zero-order valence-corrected chi connectivity index (χ0v) is 19.2. The van der Waals surface area contributed by atoms with Gasteiger partial charge in [-0.1, -0.05) is 48.5 Å². The van der Waals surface area contributed by atoms with E-state index in [0.29, 0.717) is 5.76 Å². The second-order valence-electron chi connectivity index (χ2n) is 8.67. The lowest BCUT2D eigenvalue weighted by Gasteiger charge is -2.30. The van der Waals surface area contributed by atoms with Crippen LogP contribution in [0.2, 0.25) is 0 Å². The molecule has 0 saturated carbocycles. The standard InChI is InChI=1S/C26H26N2O6/c1-26(2,24(30)31)28(3)23(29)22-13-12-16(34-22)14-27-25(32)33-15-21-19-10-6-4-8-17(19)18-9-5-7-11-20(18)21/h4-13,21H,14-15H2,1-3H3,(H,27,32)(H,30,31). The number of carbonyl (C=O) groups is 3. The van der Waals surface area contributed by atoms with Crippen molar-refractivity contribution >= 4 is 18.0 Å². The monoisotopic (exact) mass is 462 g/mol. The molecule has 0 fully saturated rings. The quantitative estimate of drug-likeness (QED) is 0.543. The highest BCUT2D eigenvalue weighted by atomic mass is 16.5. The molecule has 2 amide bonds. The Morgan fingerprint density at radius 2 is 1.59 bits per heavy atom. The number of rotatable bonds is 7. The van der Waals surface area contributed by atoms with Gasteiger partial charge in [-0.05, 0) is 48.2 Å². The molecular weight excluding hydrogens is 436 g/mol. The van der Waals surface area contributed by atoms with Crippen LogP contribution < -0.4 is 5.32 Å². The van der Waals surface area contributed by atoms with E-state index in [1.54, 1.807) is 6.07 Å². The summed E-state index contributed by atoms with van der Waals surface area (Å²) in [5.74, 6) is -1.41. The first-order valence-corrected chi connectivity index (χ1v) is 10.9. The van der Waals surface area contributed by atoms with E-state index in [4.69, 9.17) is 9.15 Å². The van der Waals surface area contributed by atoms with Crippen LogP contribution in [-0.4, -0.2) is 47.2 Å². The molecule has 2 aromatic carbocycles. The van der Waals surface area contributed by atoms with Crippen LogP contribution in [0, 0.1) is 0 Å². The van der Waals surface area contributed by atoms with Crippen molar-refractivity contribution in [1.82, 2.24) is 10.2 Å². The fourth-order valence-corrected chi connectivity index (χ4v) is 3.96. The molecule has 0 radical (unpaired) electrons. The Morgan fingerprint density at radius 1 is 1.00 bits per heavy atom. The van der Waals surface area contributed by atoms with Crippen molar-refractivity contribution in [1.29, 1.82) is 0 Å². The Hall–Kier alpha value is -4.07. The molecule has 1 aromatic heterocycles. The normalized spacial score (nSPS) is 12.6. The van der Waals surface area contributed by atoms with Crippen LogP contribution in [0.25, 0.3) is 11.1 Å². The number of nitrogens with zero attached hydrogens (tertiary/aromatic N) is 1. The van der Waals surface area contributed by atoms with Gasteiger partial charge in [-0.3, -0.25) is 4.79 Å². The number of alkyl carbamates (subject to hydrolysis) is 1. The van der Waals surface area contributed by atoms with Gasteiger partial charge in [0.2, 0.25) is 0 Å². The van der Waals surface area contributed by atoms with Gasteiger partial charge in [0.1, 0.15) is 17.9 Å². The minimum absolute atomic E-state index is 0.0128. The van der Waals surface area contributed by atoms with Gasteiger partial charge >= 0.3 is 12.1 Å². The Labute approximate surface area is 197 Å². The first-order valence-electron chi connectivity index (χ1n) is 10.9. The summed E-state index contributed by atoms with van der Waals surface area (Å²) in [6, 6.07) is 19.2. The number of benzene rings is 2. The summed E-state index contributed by atoms with van der Waals surface area (Å²) in [5.41, 5.74) is 3.15.